The third-order valence-corrected chi connectivity index (χ3v) is 4.88. The number of ether oxygens (including phenoxy) is 3. The Balaban J connectivity index is 2.73. The molecule has 0 aliphatic rings. The van der Waals surface area contributed by atoms with Crippen LogP contribution in [0.1, 0.15) is 98.8 Å². The highest BCUT2D eigenvalue weighted by Crippen LogP contribution is 2.18. The normalized spacial score (nSPS) is 11.8. The van der Waals surface area contributed by atoms with Gasteiger partial charge in [0.15, 0.2) is 0 Å². The third kappa shape index (κ3) is 10.5. The summed E-state index contributed by atoms with van der Waals surface area (Å²) in [5, 5.41) is 0. The first-order chi connectivity index (χ1) is 14.1. The van der Waals surface area contributed by atoms with Crippen molar-refractivity contribution in [1.29, 1.82) is 0 Å². The second-order valence-electron chi connectivity index (χ2n) is 7.40. The van der Waals surface area contributed by atoms with Crippen LogP contribution in [0.5, 0.6) is 0 Å². The first-order valence-corrected chi connectivity index (χ1v) is 11.1. The summed E-state index contributed by atoms with van der Waals surface area (Å²) in [5.74, 6) is -0.920. The van der Waals surface area contributed by atoms with E-state index >= 15 is 0 Å². The molecule has 1 rings (SSSR count). The molecule has 0 amide bonds. The third-order valence-electron chi connectivity index (χ3n) is 4.88. The van der Waals surface area contributed by atoms with Crippen molar-refractivity contribution in [2.75, 3.05) is 20.3 Å². The molecule has 164 valence electrons. The molecule has 0 aromatic heterocycles. The predicted octanol–water partition coefficient (Wildman–Crippen LogP) is 5.96. The van der Waals surface area contributed by atoms with Crippen LogP contribution in [-0.2, 0) is 14.2 Å². The van der Waals surface area contributed by atoms with Gasteiger partial charge in [0.2, 0.25) is 0 Å². The van der Waals surface area contributed by atoms with Crippen LogP contribution in [0.2, 0.25) is 0 Å². The number of rotatable bonds is 16. The van der Waals surface area contributed by atoms with E-state index in [1.165, 1.54) is 12.8 Å². The topological polar surface area (TPSA) is 61.8 Å². The summed E-state index contributed by atoms with van der Waals surface area (Å²) in [6.45, 7) is 5.28. The fourth-order valence-electron chi connectivity index (χ4n) is 3.16. The van der Waals surface area contributed by atoms with Crippen LogP contribution in [-0.4, -0.2) is 38.4 Å². The van der Waals surface area contributed by atoms with Crippen LogP contribution in [0.25, 0.3) is 0 Å². The van der Waals surface area contributed by atoms with Crippen LogP contribution in [0.4, 0.5) is 0 Å². The Morgan fingerprint density at radius 3 is 2.07 bits per heavy atom. The van der Waals surface area contributed by atoms with E-state index in [9.17, 15) is 9.59 Å². The van der Waals surface area contributed by atoms with E-state index in [2.05, 4.69) is 13.8 Å². The second kappa shape index (κ2) is 16.0. The van der Waals surface area contributed by atoms with E-state index in [4.69, 9.17) is 14.2 Å². The monoisotopic (exact) mass is 406 g/mol. The van der Waals surface area contributed by atoms with E-state index in [-0.39, 0.29) is 17.2 Å². The lowest BCUT2D eigenvalue weighted by molar-refractivity contribution is 0.0224. The molecule has 1 unspecified atom stereocenters. The number of hydrogen-bond donors (Lipinski definition) is 0. The van der Waals surface area contributed by atoms with Crippen molar-refractivity contribution in [3.63, 3.8) is 0 Å². The maximum absolute atomic E-state index is 12.8. The maximum Gasteiger partial charge on any atom is 0.339 e. The Labute approximate surface area is 176 Å². The van der Waals surface area contributed by atoms with Crippen molar-refractivity contribution in [2.45, 2.75) is 84.2 Å². The van der Waals surface area contributed by atoms with E-state index in [1.807, 2.05) is 0 Å². The molecule has 0 N–H and O–H groups in total. The lowest BCUT2D eigenvalue weighted by Gasteiger charge is -2.19. The van der Waals surface area contributed by atoms with Gasteiger partial charge in [0.25, 0.3) is 0 Å². The van der Waals surface area contributed by atoms with Crippen molar-refractivity contribution >= 4 is 11.9 Å². The molecule has 1 aromatic carbocycles. The zero-order chi connectivity index (χ0) is 21.3. The van der Waals surface area contributed by atoms with Crippen LogP contribution in [0, 0.1) is 0 Å². The number of methoxy groups -OCH3 is 1. The smallest absolute Gasteiger partial charge is 0.339 e. The molecular formula is C24H38O5. The summed E-state index contributed by atoms with van der Waals surface area (Å²) in [6, 6.07) is 6.74. The van der Waals surface area contributed by atoms with E-state index in [1.54, 1.807) is 31.4 Å². The van der Waals surface area contributed by atoms with Crippen LogP contribution in [0.15, 0.2) is 24.3 Å². The summed E-state index contributed by atoms with van der Waals surface area (Å²) in [4.78, 5) is 25.2. The van der Waals surface area contributed by atoms with Crippen molar-refractivity contribution in [2.24, 2.45) is 0 Å². The maximum atomic E-state index is 12.8. The molecule has 29 heavy (non-hydrogen) atoms. The molecule has 5 nitrogen and oxygen atoms in total. The van der Waals surface area contributed by atoms with Gasteiger partial charge in [0.05, 0.1) is 17.7 Å². The molecular weight excluding hydrogens is 368 g/mol. The van der Waals surface area contributed by atoms with Gasteiger partial charge in [0, 0.05) is 13.7 Å². The van der Waals surface area contributed by atoms with Crippen LogP contribution in [0.3, 0.4) is 0 Å². The SMILES string of the molecule is CCCCCCC(CCCOC)OC(=O)c1ccccc1C(=O)OCCCCC. The second-order valence-corrected chi connectivity index (χ2v) is 7.40. The molecule has 1 atom stereocenters. The molecule has 0 saturated carbocycles. The molecule has 1 aromatic rings. The summed E-state index contributed by atoms with van der Waals surface area (Å²) in [5.41, 5.74) is 0.550. The van der Waals surface area contributed by atoms with Gasteiger partial charge >= 0.3 is 11.9 Å². The molecule has 0 heterocycles. The Kier molecular flexibility index (Phi) is 13.9. The summed E-state index contributed by atoms with van der Waals surface area (Å²) < 4.78 is 16.3. The number of hydrogen-bond acceptors (Lipinski definition) is 5. The Morgan fingerprint density at radius 1 is 0.793 bits per heavy atom. The van der Waals surface area contributed by atoms with Gasteiger partial charge in [-0.25, -0.2) is 9.59 Å². The zero-order valence-electron chi connectivity index (χ0n) is 18.4. The van der Waals surface area contributed by atoms with Gasteiger partial charge in [-0.05, 0) is 44.2 Å². The highest BCUT2D eigenvalue weighted by Gasteiger charge is 2.22. The minimum atomic E-state index is -0.465. The molecule has 0 saturated heterocycles. The van der Waals surface area contributed by atoms with Crippen molar-refractivity contribution in [3.8, 4) is 0 Å². The van der Waals surface area contributed by atoms with Crippen LogP contribution >= 0.6 is 0 Å². The minimum Gasteiger partial charge on any atom is -0.462 e. The zero-order valence-corrected chi connectivity index (χ0v) is 18.4. The van der Waals surface area contributed by atoms with E-state index < -0.39 is 11.9 Å². The molecule has 0 spiro atoms. The molecule has 0 aliphatic heterocycles. The average molecular weight is 407 g/mol. The summed E-state index contributed by atoms with van der Waals surface area (Å²) in [7, 11) is 1.67. The van der Waals surface area contributed by atoms with E-state index in [0.717, 1.165) is 51.4 Å². The van der Waals surface area contributed by atoms with Gasteiger partial charge in [-0.15, -0.1) is 0 Å². The van der Waals surface area contributed by atoms with Gasteiger partial charge < -0.3 is 14.2 Å². The molecule has 0 radical (unpaired) electrons. The largest absolute Gasteiger partial charge is 0.462 e. The number of carbonyl (C=O) groups is 2. The Hall–Kier alpha value is -1.88. The Bertz CT molecular complexity index is 584. The lowest BCUT2D eigenvalue weighted by Crippen LogP contribution is -2.21. The van der Waals surface area contributed by atoms with Crippen molar-refractivity contribution < 1.29 is 23.8 Å². The Morgan fingerprint density at radius 2 is 1.41 bits per heavy atom. The van der Waals surface area contributed by atoms with E-state index in [0.29, 0.717) is 13.2 Å². The standard InChI is InChI=1S/C24H38O5/c1-4-6-8-9-14-20(15-13-18-27-3)29-24(26)22-17-11-10-16-21(22)23(25)28-19-12-7-5-2/h10-11,16-17,20H,4-9,12-15,18-19H2,1-3H3. The molecule has 0 fully saturated rings. The first-order valence-electron chi connectivity index (χ1n) is 11.1. The molecule has 0 aliphatic carbocycles. The van der Waals surface area contributed by atoms with Crippen molar-refractivity contribution in [1.82, 2.24) is 0 Å². The summed E-state index contributed by atoms with van der Waals surface area (Å²) >= 11 is 0. The highest BCUT2D eigenvalue weighted by atomic mass is 16.5. The quantitative estimate of drug-likeness (QED) is 0.250. The number of benzene rings is 1. The average Bonchev–Trinajstić information content (AvgIpc) is 2.74. The van der Waals surface area contributed by atoms with Gasteiger partial charge in [-0.3, -0.25) is 0 Å². The first kappa shape index (κ1) is 25.2. The minimum absolute atomic E-state index is 0.164. The number of unbranched alkanes of at least 4 members (excludes halogenated alkanes) is 5. The summed E-state index contributed by atoms with van der Waals surface area (Å²) in [6.07, 6.45) is 9.68. The van der Waals surface area contributed by atoms with Crippen LogP contribution < -0.4 is 0 Å². The molecule has 5 heteroatoms. The predicted molar refractivity (Wildman–Crippen MR) is 115 cm³/mol. The highest BCUT2D eigenvalue weighted by molar-refractivity contribution is 6.03. The number of carbonyl (C=O) groups excluding carboxylic acids is 2. The molecule has 0 bridgehead atoms. The van der Waals surface area contributed by atoms with Gasteiger partial charge in [-0.1, -0.05) is 58.1 Å². The fourth-order valence-corrected chi connectivity index (χ4v) is 3.16. The van der Waals surface area contributed by atoms with Gasteiger partial charge in [0.1, 0.15) is 6.10 Å². The number of esters is 2. The van der Waals surface area contributed by atoms with Crippen molar-refractivity contribution in [3.05, 3.63) is 35.4 Å². The fraction of sp³-hybridized carbons (Fsp3) is 0.667. The lowest BCUT2D eigenvalue weighted by atomic mass is 10.0. The van der Waals surface area contributed by atoms with Gasteiger partial charge in [-0.2, -0.15) is 0 Å².